The third-order valence-corrected chi connectivity index (χ3v) is 3.09. The Morgan fingerprint density at radius 2 is 2.50 bits per heavy atom. The Morgan fingerprint density at radius 3 is 3.33 bits per heavy atom. The van der Waals surface area contributed by atoms with E-state index in [0.29, 0.717) is 11.5 Å². The summed E-state index contributed by atoms with van der Waals surface area (Å²) in [6.45, 7) is 1.57. The molecular formula is C11H15N5O2. The lowest BCUT2D eigenvalue weighted by Gasteiger charge is -2.22. The molecule has 0 saturated carbocycles. The van der Waals surface area contributed by atoms with Crippen molar-refractivity contribution < 1.29 is 4.74 Å². The lowest BCUT2D eigenvalue weighted by atomic mass is 10.1. The van der Waals surface area contributed by atoms with Crippen molar-refractivity contribution in [2.24, 2.45) is 0 Å². The van der Waals surface area contributed by atoms with Crippen LogP contribution in [-0.4, -0.2) is 38.8 Å². The van der Waals surface area contributed by atoms with Crippen LogP contribution in [0.25, 0.3) is 5.65 Å². The Labute approximate surface area is 103 Å². The maximum absolute atomic E-state index is 11.3. The van der Waals surface area contributed by atoms with E-state index in [4.69, 9.17) is 4.74 Å². The second-order valence-electron chi connectivity index (χ2n) is 4.40. The molecule has 1 aliphatic rings. The summed E-state index contributed by atoms with van der Waals surface area (Å²) in [5, 5.41) is 9.47. The quantitative estimate of drug-likeness (QED) is 0.822. The Bertz CT molecular complexity index is 584. The monoisotopic (exact) mass is 249 g/mol. The molecule has 0 radical (unpaired) electrons. The predicted molar refractivity (Wildman–Crippen MR) is 65.7 cm³/mol. The molecule has 7 heteroatoms. The molecule has 1 aliphatic heterocycles. The van der Waals surface area contributed by atoms with Gasteiger partial charge in [-0.25, -0.2) is 19.3 Å². The van der Waals surface area contributed by atoms with Gasteiger partial charge in [-0.05, 0) is 19.3 Å². The van der Waals surface area contributed by atoms with Crippen molar-refractivity contribution in [3.63, 3.8) is 0 Å². The van der Waals surface area contributed by atoms with Crippen LogP contribution in [0, 0.1) is 0 Å². The van der Waals surface area contributed by atoms with Gasteiger partial charge in [-0.1, -0.05) is 0 Å². The lowest BCUT2D eigenvalue weighted by Crippen LogP contribution is -2.27. The maximum Gasteiger partial charge on any atom is 0.348 e. The average Bonchev–Trinajstić information content (AvgIpc) is 2.79. The molecule has 1 atom stereocenters. The SMILES string of the molecule is O=c1[nH]nc2cc(NCC3CCCCO3)ncn12. The van der Waals surface area contributed by atoms with Crippen molar-refractivity contribution in [2.45, 2.75) is 25.4 Å². The largest absolute Gasteiger partial charge is 0.376 e. The number of nitrogens with zero attached hydrogens (tertiary/aromatic N) is 3. The third kappa shape index (κ3) is 2.21. The lowest BCUT2D eigenvalue weighted by molar-refractivity contribution is 0.0247. The molecule has 3 heterocycles. The Morgan fingerprint density at radius 1 is 1.56 bits per heavy atom. The molecule has 18 heavy (non-hydrogen) atoms. The number of rotatable bonds is 3. The fraction of sp³-hybridized carbons (Fsp3) is 0.545. The van der Waals surface area contributed by atoms with Gasteiger partial charge in [0.2, 0.25) is 0 Å². The highest BCUT2D eigenvalue weighted by atomic mass is 16.5. The van der Waals surface area contributed by atoms with Crippen molar-refractivity contribution in [3.8, 4) is 0 Å². The summed E-state index contributed by atoms with van der Waals surface area (Å²) >= 11 is 0. The summed E-state index contributed by atoms with van der Waals surface area (Å²) in [5.41, 5.74) is 0.279. The van der Waals surface area contributed by atoms with Crippen molar-refractivity contribution in [2.75, 3.05) is 18.5 Å². The van der Waals surface area contributed by atoms with Crippen molar-refractivity contribution in [1.29, 1.82) is 0 Å². The first-order valence-corrected chi connectivity index (χ1v) is 6.11. The van der Waals surface area contributed by atoms with Gasteiger partial charge >= 0.3 is 5.69 Å². The van der Waals surface area contributed by atoms with Gasteiger partial charge < -0.3 is 10.1 Å². The maximum atomic E-state index is 11.3. The Hall–Kier alpha value is -1.89. The number of aromatic amines is 1. The van der Waals surface area contributed by atoms with Crippen LogP contribution in [0.15, 0.2) is 17.2 Å². The number of anilines is 1. The minimum Gasteiger partial charge on any atom is -0.376 e. The van der Waals surface area contributed by atoms with E-state index in [0.717, 1.165) is 26.0 Å². The normalized spacial score (nSPS) is 20.1. The predicted octanol–water partition coefficient (Wildman–Crippen LogP) is 0.399. The third-order valence-electron chi connectivity index (χ3n) is 3.09. The fourth-order valence-corrected chi connectivity index (χ4v) is 2.09. The molecule has 1 unspecified atom stereocenters. The standard InChI is InChI=1S/C11H15N5O2/c17-11-15-14-10-5-9(13-7-16(10)11)12-6-8-3-1-2-4-18-8/h5,7-8,12H,1-4,6H2,(H,15,17). The smallest absolute Gasteiger partial charge is 0.348 e. The molecule has 2 N–H and O–H groups in total. The van der Waals surface area contributed by atoms with Gasteiger partial charge in [0.05, 0.1) is 6.10 Å². The minimum atomic E-state index is -0.278. The highest BCUT2D eigenvalue weighted by Crippen LogP contribution is 2.13. The first-order valence-electron chi connectivity index (χ1n) is 6.11. The van der Waals surface area contributed by atoms with E-state index < -0.39 is 0 Å². The zero-order chi connectivity index (χ0) is 12.4. The molecule has 96 valence electrons. The van der Waals surface area contributed by atoms with Crippen LogP contribution in [0.4, 0.5) is 5.82 Å². The van der Waals surface area contributed by atoms with E-state index in [1.807, 2.05) is 0 Å². The highest BCUT2D eigenvalue weighted by Gasteiger charge is 2.13. The molecule has 2 aromatic rings. The number of H-pyrrole nitrogens is 1. The van der Waals surface area contributed by atoms with Gasteiger partial charge in [0.1, 0.15) is 12.1 Å². The van der Waals surface area contributed by atoms with Crippen LogP contribution in [-0.2, 0) is 4.74 Å². The minimum absolute atomic E-state index is 0.248. The summed E-state index contributed by atoms with van der Waals surface area (Å²) in [4.78, 5) is 15.4. The first-order chi connectivity index (χ1) is 8.83. The second-order valence-corrected chi connectivity index (χ2v) is 4.40. The molecule has 0 aliphatic carbocycles. The summed E-state index contributed by atoms with van der Waals surface area (Å²) in [6, 6.07) is 1.74. The van der Waals surface area contributed by atoms with Crippen LogP contribution in [0.5, 0.6) is 0 Å². The highest BCUT2D eigenvalue weighted by molar-refractivity contribution is 5.48. The van der Waals surface area contributed by atoms with Gasteiger partial charge in [0.25, 0.3) is 0 Å². The first kappa shape index (κ1) is 11.2. The molecule has 3 rings (SSSR count). The average molecular weight is 249 g/mol. The molecule has 0 bridgehead atoms. The Kier molecular flexibility index (Phi) is 2.97. The van der Waals surface area contributed by atoms with Crippen LogP contribution < -0.4 is 11.0 Å². The Balaban J connectivity index is 1.68. The van der Waals surface area contributed by atoms with Crippen molar-refractivity contribution in [3.05, 3.63) is 22.9 Å². The number of nitrogens with one attached hydrogen (secondary N) is 2. The molecule has 0 aromatic carbocycles. The molecule has 7 nitrogen and oxygen atoms in total. The van der Waals surface area contributed by atoms with Crippen LogP contribution in [0.2, 0.25) is 0 Å². The number of hydrogen-bond donors (Lipinski definition) is 2. The summed E-state index contributed by atoms with van der Waals surface area (Å²) < 4.78 is 6.99. The summed E-state index contributed by atoms with van der Waals surface area (Å²) in [5.74, 6) is 0.704. The summed E-state index contributed by atoms with van der Waals surface area (Å²) in [6.07, 6.45) is 5.16. The van der Waals surface area contributed by atoms with Gasteiger partial charge in [0.15, 0.2) is 5.65 Å². The van der Waals surface area contributed by atoms with E-state index in [2.05, 4.69) is 20.5 Å². The molecule has 0 amide bonds. The van der Waals surface area contributed by atoms with Crippen molar-refractivity contribution in [1.82, 2.24) is 19.6 Å². The topological polar surface area (TPSA) is 84.3 Å². The van der Waals surface area contributed by atoms with Gasteiger partial charge in [-0.2, -0.15) is 5.10 Å². The zero-order valence-corrected chi connectivity index (χ0v) is 9.93. The molecule has 1 saturated heterocycles. The van der Waals surface area contributed by atoms with Gasteiger partial charge in [-0.15, -0.1) is 0 Å². The van der Waals surface area contributed by atoms with E-state index in [1.54, 1.807) is 6.07 Å². The van der Waals surface area contributed by atoms with E-state index in [-0.39, 0.29) is 11.8 Å². The number of aromatic nitrogens is 4. The van der Waals surface area contributed by atoms with E-state index in [1.165, 1.54) is 17.1 Å². The summed E-state index contributed by atoms with van der Waals surface area (Å²) in [7, 11) is 0. The van der Waals surface area contributed by atoms with Crippen LogP contribution in [0.3, 0.4) is 0 Å². The van der Waals surface area contributed by atoms with Gasteiger partial charge in [0, 0.05) is 19.2 Å². The van der Waals surface area contributed by atoms with Crippen molar-refractivity contribution >= 4 is 11.5 Å². The molecular weight excluding hydrogens is 234 g/mol. The van der Waals surface area contributed by atoms with Crippen LogP contribution >= 0.6 is 0 Å². The van der Waals surface area contributed by atoms with Gasteiger partial charge in [-0.3, -0.25) is 0 Å². The number of ether oxygens (including phenoxy) is 1. The zero-order valence-electron chi connectivity index (χ0n) is 9.93. The fourth-order valence-electron chi connectivity index (χ4n) is 2.09. The number of hydrogen-bond acceptors (Lipinski definition) is 5. The second kappa shape index (κ2) is 4.77. The van der Waals surface area contributed by atoms with E-state index >= 15 is 0 Å². The number of fused-ring (bicyclic) bond motifs is 1. The van der Waals surface area contributed by atoms with E-state index in [9.17, 15) is 4.79 Å². The molecule has 0 spiro atoms. The molecule has 1 fully saturated rings. The van der Waals surface area contributed by atoms with Crippen LogP contribution in [0.1, 0.15) is 19.3 Å². The molecule has 2 aromatic heterocycles.